The van der Waals surface area contributed by atoms with Gasteiger partial charge in [-0.2, -0.15) is 0 Å². The van der Waals surface area contributed by atoms with E-state index in [2.05, 4.69) is 48.3 Å². The molecule has 116 valence electrons. The van der Waals surface area contributed by atoms with E-state index in [0.717, 1.165) is 26.1 Å². The molecule has 1 aliphatic heterocycles. The van der Waals surface area contributed by atoms with Crippen LogP contribution >= 0.6 is 0 Å². The number of carbonyl (C=O) groups excluding carboxylic acids is 1. The van der Waals surface area contributed by atoms with Gasteiger partial charge in [0.15, 0.2) is 0 Å². The highest BCUT2D eigenvalue weighted by atomic mass is 16.2. The predicted octanol–water partition coefficient (Wildman–Crippen LogP) is 2.95. The Morgan fingerprint density at radius 3 is 2.90 bits per heavy atom. The highest BCUT2D eigenvalue weighted by Crippen LogP contribution is 2.24. The number of carbonyl (C=O) groups is 1. The number of aryl methyl sites for hydroxylation is 1. The lowest BCUT2D eigenvalue weighted by Gasteiger charge is -2.33. The van der Waals surface area contributed by atoms with Crippen molar-refractivity contribution in [2.45, 2.75) is 39.0 Å². The summed E-state index contributed by atoms with van der Waals surface area (Å²) in [5.74, 6) is 1.22. The maximum atomic E-state index is 12.5. The Hall–Kier alpha value is -1.35. The third-order valence-corrected chi connectivity index (χ3v) is 4.56. The van der Waals surface area contributed by atoms with Gasteiger partial charge in [-0.25, -0.2) is 0 Å². The molecule has 21 heavy (non-hydrogen) atoms. The van der Waals surface area contributed by atoms with Gasteiger partial charge in [0.05, 0.1) is 0 Å². The summed E-state index contributed by atoms with van der Waals surface area (Å²) in [6.07, 6.45) is 2.99. The van der Waals surface area contributed by atoms with Crippen LogP contribution in [0.5, 0.6) is 0 Å². The molecule has 1 aromatic rings. The number of nitrogens with zero attached hydrogens (tertiary/aromatic N) is 1. The summed E-state index contributed by atoms with van der Waals surface area (Å²) in [7, 11) is 1.99. The number of likely N-dealkylation sites (tertiary alicyclic amines) is 1. The minimum absolute atomic E-state index is 0.295. The average molecular weight is 288 g/mol. The first-order valence-electron chi connectivity index (χ1n) is 8.09. The first kappa shape index (κ1) is 16.0. The van der Waals surface area contributed by atoms with E-state index in [1.165, 1.54) is 17.5 Å². The molecular weight excluding hydrogens is 260 g/mol. The molecule has 1 fully saturated rings. The van der Waals surface area contributed by atoms with E-state index in [4.69, 9.17) is 0 Å². The lowest BCUT2D eigenvalue weighted by Crippen LogP contribution is -2.42. The first-order valence-corrected chi connectivity index (χ1v) is 8.09. The van der Waals surface area contributed by atoms with E-state index in [1.807, 2.05) is 7.05 Å². The van der Waals surface area contributed by atoms with Gasteiger partial charge in [0, 0.05) is 19.5 Å². The van der Waals surface area contributed by atoms with Crippen molar-refractivity contribution >= 4 is 5.91 Å². The number of benzene rings is 1. The number of amides is 1. The SMILES string of the molecule is CNCC1CCCN(C(=O)CC(C)c2ccccc2C)C1. The van der Waals surface area contributed by atoms with Gasteiger partial charge in [-0.05, 0) is 56.3 Å². The number of nitrogens with one attached hydrogen (secondary N) is 1. The fourth-order valence-corrected chi connectivity index (χ4v) is 3.39. The summed E-state index contributed by atoms with van der Waals surface area (Å²) in [6.45, 7) is 7.15. The van der Waals surface area contributed by atoms with E-state index in [0.29, 0.717) is 24.2 Å². The van der Waals surface area contributed by atoms with Crippen molar-refractivity contribution in [2.75, 3.05) is 26.7 Å². The molecule has 0 spiro atoms. The Morgan fingerprint density at radius 1 is 1.43 bits per heavy atom. The Labute approximate surface area is 128 Å². The molecule has 1 amide bonds. The minimum Gasteiger partial charge on any atom is -0.342 e. The predicted molar refractivity (Wildman–Crippen MR) is 87.4 cm³/mol. The Balaban J connectivity index is 1.93. The van der Waals surface area contributed by atoms with Crippen LogP contribution in [0.2, 0.25) is 0 Å². The molecule has 1 heterocycles. The maximum Gasteiger partial charge on any atom is 0.223 e. The molecule has 2 rings (SSSR count). The van der Waals surface area contributed by atoms with Gasteiger partial charge in [0.25, 0.3) is 0 Å². The number of hydrogen-bond acceptors (Lipinski definition) is 2. The summed E-state index contributed by atoms with van der Waals surface area (Å²) in [6, 6.07) is 8.39. The van der Waals surface area contributed by atoms with Gasteiger partial charge in [-0.3, -0.25) is 4.79 Å². The van der Waals surface area contributed by atoms with Gasteiger partial charge in [0.2, 0.25) is 5.91 Å². The number of rotatable bonds is 5. The standard InChI is InChI=1S/C18H28N2O/c1-14-7-4-5-9-17(14)15(2)11-18(21)20-10-6-8-16(13-20)12-19-3/h4-5,7,9,15-16,19H,6,8,10-13H2,1-3H3. The van der Waals surface area contributed by atoms with Gasteiger partial charge in [-0.15, -0.1) is 0 Å². The van der Waals surface area contributed by atoms with Crippen molar-refractivity contribution in [3.63, 3.8) is 0 Å². The molecule has 0 aromatic heterocycles. The lowest BCUT2D eigenvalue weighted by molar-refractivity contribution is -0.133. The van der Waals surface area contributed by atoms with Crippen LogP contribution in [0.25, 0.3) is 0 Å². The zero-order chi connectivity index (χ0) is 15.2. The molecule has 0 saturated carbocycles. The second-order valence-corrected chi connectivity index (χ2v) is 6.37. The topological polar surface area (TPSA) is 32.3 Å². The van der Waals surface area contributed by atoms with Crippen LogP contribution in [-0.2, 0) is 4.79 Å². The van der Waals surface area contributed by atoms with Gasteiger partial charge in [0.1, 0.15) is 0 Å². The average Bonchev–Trinajstić information content (AvgIpc) is 2.48. The zero-order valence-electron chi connectivity index (χ0n) is 13.6. The van der Waals surface area contributed by atoms with Crippen LogP contribution in [0, 0.1) is 12.8 Å². The molecule has 2 unspecified atom stereocenters. The largest absolute Gasteiger partial charge is 0.342 e. The first-order chi connectivity index (χ1) is 10.1. The highest BCUT2D eigenvalue weighted by molar-refractivity contribution is 5.77. The normalized spacial score (nSPS) is 20.3. The smallest absolute Gasteiger partial charge is 0.223 e. The third-order valence-electron chi connectivity index (χ3n) is 4.56. The summed E-state index contributed by atoms with van der Waals surface area (Å²) in [5, 5.41) is 3.23. The molecular formula is C18H28N2O. The van der Waals surface area contributed by atoms with Gasteiger partial charge in [-0.1, -0.05) is 31.2 Å². The van der Waals surface area contributed by atoms with E-state index >= 15 is 0 Å². The zero-order valence-corrected chi connectivity index (χ0v) is 13.6. The third kappa shape index (κ3) is 4.31. The maximum absolute atomic E-state index is 12.5. The molecule has 3 heteroatoms. The van der Waals surface area contributed by atoms with Crippen molar-refractivity contribution in [2.24, 2.45) is 5.92 Å². The Bertz CT molecular complexity index is 470. The monoisotopic (exact) mass is 288 g/mol. The Morgan fingerprint density at radius 2 is 2.19 bits per heavy atom. The Kier molecular flexibility index (Phi) is 5.80. The number of hydrogen-bond donors (Lipinski definition) is 1. The molecule has 2 atom stereocenters. The molecule has 1 N–H and O–H groups in total. The summed E-state index contributed by atoms with van der Waals surface area (Å²) in [4.78, 5) is 14.6. The van der Waals surface area contributed by atoms with Crippen molar-refractivity contribution in [3.8, 4) is 0 Å². The fourth-order valence-electron chi connectivity index (χ4n) is 3.39. The fraction of sp³-hybridized carbons (Fsp3) is 0.611. The van der Waals surface area contributed by atoms with E-state index in [-0.39, 0.29) is 0 Å². The number of piperidine rings is 1. The van der Waals surface area contributed by atoms with E-state index in [1.54, 1.807) is 0 Å². The van der Waals surface area contributed by atoms with Crippen LogP contribution < -0.4 is 5.32 Å². The van der Waals surface area contributed by atoms with Crippen molar-refractivity contribution < 1.29 is 4.79 Å². The highest BCUT2D eigenvalue weighted by Gasteiger charge is 2.24. The van der Waals surface area contributed by atoms with Crippen molar-refractivity contribution in [1.82, 2.24) is 10.2 Å². The van der Waals surface area contributed by atoms with Crippen LogP contribution in [0.1, 0.15) is 43.2 Å². The second-order valence-electron chi connectivity index (χ2n) is 6.37. The quantitative estimate of drug-likeness (QED) is 0.903. The molecule has 0 radical (unpaired) electrons. The van der Waals surface area contributed by atoms with Crippen LogP contribution in [0.4, 0.5) is 0 Å². The van der Waals surface area contributed by atoms with Gasteiger partial charge < -0.3 is 10.2 Å². The molecule has 1 aliphatic rings. The lowest BCUT2D eigenvalue weighted by atomic mass is 9.92. The van der Waals surface area contributed by atoms with Crippen molar-refractivity contribution in [1.29, 1.82) is 0 Å². The van der Waals surface area contributed by atoms with E-state index in [9.17, 15) is 4.79 Å². The minimum atomic E-state index is 0.295. The summed E-state index contributed by atoms with van der Waals surface area (Å²) >= 11 is 0. The summed E-state index contributed by atoms with van der Waals surface area (Å²) < 4.78 is 0. The summed E-state index contributed by atoms with van der Waals surface area (Å²) in [5.41, 5.74) is 2.58. The molecule has 1 aromatic carbocycles. The molecule has 1 saturated heterocycles. The van der Waals surface area contributed by atoms with Crippen LogP contribution in [-0.4, -0.2) is 37.5 Å². The van der Waals surface area contributed by atoms with Gasteiger partial charge >= 0.3 is 0 Å². The molecule has 0 bridgehead atoms. The van der Waals surface area contributed by atoms with E-state index < -0.39 is 0 Å². The second kappa shape index (κ2) is 7.60. The van der Waals surface area contributed by atoms with Crippen LogP contribution in [0.15, 0.2) is 24.3 Å². The molecule has 0 aliphatic carbocycles. The van der Waals surface area contributed by atoms with Crippen molar-refractivity contribution in [3.05, 3.63) is 35.4 Å². The van der Waals surface area contributed by atoms with Crippen LogP contribution in [0.3, 0.4) is 0 Å². The molecule has 3 nitrogen and oxygen atoms in total.